The molecule has 3 aromatic rings. The Morgan fingerprint density at radius 3 is 2.42 bits per heavy atom. The van der Waals surface area contributed by atoms with Crippen LogP contribution in [0, 0.1) is 0 Å². The van der Waals surface area contributed by atoms with Crippen molar-refractivity contribution in [2.75, 3.05) is 4.90 Å². The number of benzene rings is 3. The van der Waals surface area contributed by atoms with Gasteiger partial charge in [-0.25, -0.2) is 0 Å². The Balaban J connectivity index is 1.59. The number of nitrogens with zero attached hydrogens (tertiary/aromatic N) is 1. The van der Waals surface area contributed by atoms with E-state index in [1.165, 1.54) is 6.92 Å². The molecule has 1 aliphatic rings. The van der Waals surface area contributed by atoms with Crippen LogP contribution in [-0.4, -0.2) is 11.9 Å². The third-order valence-corrected chi connectivity index (χ3v) is 4.79. The lowest BCUT2D eigenvalue weighted by atomic mass is 10.0. The molecule has 0 bridgehead atoms. The number of esters is 1. The predicted molar refractivity (Wildman–Crippen MR) is 101 cm³/mol. The second-order valence-electron chi connectivity index (χ2n) is 6.48. The predicted octanol–water partition coefficient (Wildman–Crippen LogP) is 4.38. The number of carbonyl (C=O) groups is 2. The fourth-order valence-electron chi connectivity index (χ4n) is 3.68. The van der Waals surface area contributed by atoms with Crippen LogP contribution in [0.3, 0.4) is 0 Å². The zero-order chi connectivity index (χ0) is 18.1. The lowest BCUT2D eigenvalue weighted by Gasteiger charge is -2.24. The highest BCUT2D eigenvalue weighted by Crippen LogP contribution is 2.45. The first-order chi connectivity index (χ1) is 12.6. The van der Waals surface area contributed by atoms with Crippen molar-refractivity contribution < 1.29 is 14.3 Å². The highest BCUT2D eigenvalue weighted by molar-refractivity contribution is 6.09. The normalized spacial score (nSPS) is 15.3. The minimum atomic E-state index is -0.322. The van der Waals surface area contributed by atoms with Gasteiger partial charge in [-0.05, 0) is 22.6 Å². The van der Waals surface area contributed by atoms with Crippen molar-refractivity contribution in [3.05, 3.63) is 77.9 Å². The number of amides is 1. The molecule has 1 aliphatic heterocycles. The first-order valence-electron chi connectivity index (χ1n) is 8.66. The van der Waals surface area contributed by atoms with Crippen LogP contribution in [0.15, 0.2) is 66.7 Å². The summed E-state index contributed by atoms with van der Waals surface area (Å²) in [6.07, 6.45) is 0.139. The molecule has 1 atom stereocenters. The van der Waals surface area contributed by atoms with E-state index in [-0.39, 0.29) is 30.9 Å². The Morgan fingerprint density at radius 1 is 0.962 bits per heavy atom. The molecule has 26 heavy (non-hydrogen) atoms. The fourth-order valence-corrected chi connectivity index (χ4v) is 3.68. The second kappa shape index (κ2) is 6.64. The van der Waals surface area contributed by atoms with Gasteiger partial charge in [-0.15, -0.1) is 0 Å². The van der Waals surface area contributed by atoms with Crippen molar-refractivity contribution in [1.82, 2.24) is 0 Å². The summed E-state index contributed by atoms with van der Waals surface area (Å²) in [7, 11) is 0. The molecule has 0 N–H and O–H groups in total. The van der Waals surface area contributed by atoms with Gasteiger partial charge in [0.2, 0.25) is 5.91 Å². The molecule has 0 saturated heterocycles. The van der Waals surface area contributed by atoms with Gasteiger partial charge in [0.05, 0.1) is 18.2 Å². The quantitative estimate of drug-likeness (QED) is 0.659. The Kier molecular flexibility index (Phi) is 4.17. The monoisotopic (exact) mass is 345 g/mol. The Morgan fingerprint density at radius 2 is 1.69 bits per heavy atom. The molecule has 1 heterocycles. The van der Waals surface area contributed by atoms with E-state index in [1.807, 2.05) is 66.7 Å². The van der Waals surface area contributed by atoms with Gasteiger partial charge in [0.1, 0.15) is 6.61 Å². The first kappa shape index (κ1) is 16.3. The number of ether oxygens (including phenoxy) is 1. The maximum atomic E-state index is 12.5. The molecule has 1 amide bonds. The third-order valence-electron chi connectivity index (χ3n) is 4.79. The molecule has 4 heteroatoms. The van der Waals surface area contributed by atoms with E-state index < -0.39 is 0 Å². The van der Waals surface area contributed by atoms with Gasteiger partial charge < -0.3 is 9.64 Å². The van der Waals surface area contributed by atoms with Crippen molar-refractivity contribution in [3.63, 3.8) is 0 Å². The summed E-state index contributed by atoms with van der Waals surface area (Å²) in [5, 5.41) is 2.12. The molecule has 0 saturated carbocycles. The maximum absolute atomic E-state index is 12.5. The number of hydrogen-bond acceptors (Lipinski definition) is 3. The summed E-state index contributed by atoms with van der Waals surface area (Å²) >= 11 is 0. The van der Waals surface area contributed by atoms with Crippen LogP contribution in [0.4, 0.5) is 5.69 Å². The lowest BCUT2D eigenvalue weighted by Crippen LogP contribution is -2.31. The van der Waals surface area contributed by atoms with E-state index in [1.54, 1.807) is 4.90 Å². The lowest BCUT2D eigenvalue weighted by molar-refractivity contribution is -0.145. The topological polar surface area (TPSA) is 46.6 Å². The number of rotatable bonds is 4. The van der Waals surface area contributed by atoms with Gasteiger partial charge in [-0.2, -0.15) is 0 Å². The van der Waals surface area contributed by atoms with Gasteiger partial charge in [0.25, 0.3) is 0 Å². The largest absolute Gasteiger partial charge is 0.461 e. The highest BCUT2D eigenvalue weighted by Gasteiger charge is 2.35. The van der Waals surface area contributed by atoms with E-state index in [0.717, 1.165) is 27.6 Å². The molecule has 0 aromatic heterocycles. The van der Waals surface area contributed by atoms with Gasteiger partial charge in [0, 0.05) is 12.3 Å². The summed E-state index contributed by atoms with van der Waals surface area (Å²) in [5.74, 6) is -0.385. The van der Waals surface area contributed by atoms with Crippen molar-refractivity contribution >= 4 is 28.3 Å². The molecule has 3 aromatic carbocycles. The fraction of sp³-hybridized carbons (Fsp3) is 0.182. The van der Waals surface area contributed by atoms with Crippen molar-refractivity contribution in [3.8, 4) is 0 Å². The molecule has 0 spiro atoms. The average molecular weight is 345 g/mol. The van der Waals surface area contributed by atoms with E-state index in [0.29, 0.717) is 0 Å². The minimum absolute atomic E-state index is 0.0745. The van der Waals surface area contributed by atoms with Crippen LogP contribution in [-0.2, 0) is 20.9 Å². The minimum Gasteiger partial charge on any atom is -0.461 e. The molecular weight excluding hydrogens is 326 g/mol. The van der Waals surface area contributed by atoms with Crippen LogP contribution in [0.1, 0.15) is 30.5 Å². The van der Waals surface area contributed by atoms with E-state index in [2.05, 4.69) is 0 Å². The smallest absolute Gasteiger partial charge is 0.308 e. The van der Waals surface area contributed by atoms with Crippen LogP contribution in [0.2, 0.25) is 0 Å². The second-order valence-corrected chi connectivity index (χ2v) is 6.48. The molecule has 0 radical (unpaired) electrons. The summed E-state index contributed by atoms with van der Waals surface area (Å²) in [5.41, 5.74) is 2.82. The van der Waals surface area contributed by atoms with E-state index >= 15 is 0 Å². The Labute approximate surface area is 152 Å². The summed E-state index contributed by atoms with van der Waals surface area (Å²) in [6.45, 7) is 1.77. The number of hydrogen-bond donors (Lipinski definition) is 0. The zero-order valence-corrected chi connectivity index (χ0v) is 14.5. The van der Waals surface area contributed by atoms with Gasteiger partial charge in [0.15, 0.2) is 0 Å². The molecule has 130 valence electrons. The Bertz CT molecular complexity index is 976. The summed E-state index contributed by atoms with van der Waals surface area (Å²) in [4.78, 5) is 26.5. The average Bonchev–Trinajstić information content (AvgIpc) is 2.97. The Hall–Kier alpha value is -3.14. The standard InChI is InChI=1S/C22H19NO3/c1-15(24)23-19-12-6-10-17-9-5-11-18(22(17)19)20(23)13-21(25)26-14-16-7-3-2-4-8-16/h2-12,20H,13-14H2,1H3. The molecule has 0 fully saturated rings. The number of anilines is 1. The van der Waals surface area contributed by atoms with Crippen molar-refractivity contribution in [2.24, 2.45) is 0 Å². The molecule has 1 unspecified atom stereocenters. The van der Waals surface area contributed by atoms with Crippen molar-refractivity contribution in [1.29, 1.82) is 0 Å². The summed E-state index contributed by atoms with van der Waals surface area (Å²) < 4.78 is 5.44. The molecular formula is C22H19NO3. The zero-order valence-electron chi connectivity index (χ0n) is 14.5. The van der Waals surface area contributed by atoms with Crippen LogP contribution < -0.4 is 4.90 Å². The van der Waals surface area contributed by atoms with Gasteiger partial charge in [-0.3, -0.25) is 9.59 Å². The van der Waals surface area contributed by atoms with E-state index in [4.69, 9.17) is 4.74 Å². The van der Waals surface area contributed by atoms with Crippen LogP contribution in [0.25, 0.3) is 10.8 Å². The van der Waals surface area contributed by atoms with Crippen molar-refractivity contribution in [2.45, 2.75) is 26.0 Å². The van der Waals surface area contributed by atoms with Gasteiger partial charge in [-0.1, -0.05) is 60.7 Å². The molecule has 4 rings (SSSR count). The number of carbonyl (C=O) groups excluding carboxylic acids is 2. The molecule has 0 aliphatic carbocycles. The SMILES string of the molecule is CC(=O)N1c2cccc3cccc(c23)C1CC(=O)OCc1ccccc1. The van der Waals surface area contributed by atoms with E-state index in [9.17, 15) is 9.59 Å². The third kappa shape index (κ3) is 2.84. The van der Waals surface area contributed by atoms with Crippen LogP contribution >= 0.6 is 0 Å². The highest BCUT2D eigenvalue weighted by atomic mass is 16.5. The molecule has 4 nitrogen and oxygen atoms in total. The van der Waals surface area contributed by atoms with Crippen LogP contribution in [0.5, 0.6) is 0 Å². The maximum Gasteiger partial charge on any atom is 0.308 e. The first-order valence-corrected chi connectivity index (χ1v) is 8.66. The van der Waals surface area contributed by atoms with Gasteiger partial charge >= 0.3 is 5.97 Å². The summed E-state index contributed by atoms with van der Waals surface area (Å²) in [6, 6.07) is 21.1.